The highest BCUT2D eigenvalue weighted by molar-refractivity contribution is 7.91. The molecule has 1 saturated heterocycles. The van der Waals surface area contributed by atoms with Gasteiger partial charge in [-0.3, -0.25) is 0 Å². The summed E-state index contributed by atoms with van der Waals surface area (Å²) in [4.78, 5) is 2.13. The fourth-order valence-electron chi connectivity index (χ4n) is 2.60. The predicted octanol–water partition coefficient (Wildman–Crippen LogP) is 0.767. The molecule has 1 fully saturated rings. The molecule has 1 aliphatic rings. The summed E-state index contributed by atoms with van der Waals surface area (Å²) < 4.78 is 25.9. The van der Waals surface area contributed by atoms with Crippen molar-refractivity contribution in [3.63, 3.8) is 0 Å². The molecule has 1 aromatic heterocycles. The maximum atomic E-state index is 12.1. The first kappa shape index (κ1) is 16.1. The minimum absolute atomic E-state index is 0.0614. The number of nitrogen functional groups attached to an aromatic ring is 1. The Morgan fingerprint density at radius 3 is 2.43 bits per heavy atom. The van der Waals surface area contributed by atoms with Gasteiger partial charge in [-0.2, -0.15) is 5.10 Å². The summed E-state index contributed by atoms with van der Waals surface area (Å²) in [5, 5.41) is 4.49. The molecule has 0 aliphatic carbocycles. The number of rotatable bonds is 4. The summed E-state index contributed by atoms with van der Waals surface area (Å²) in [6.07, 6.45) is 3.68. The number of anilines is 2. The van der Waals surface area contributed by atoms with E-state index < -0.39 is 9.84 Å². The Kier molecular flexibility index (Phi) is 4.48. The minimum Gasteiger partial charge on any atom is -0.383 e. The molecular weight excluding hydrogens is 290 g/mol. The molecule has 0 saturated carbocycles. The van der Waals surface area contributed by atoms with Crippen LogP contribution in [-0.4, -0.2) is 43.6 Å². The van der Waals surface area contributed by atoms with Gasteiger partial charge >= 0.3 is 0 Å². The van der Waals surface area contributed by atoms with Crippen molar-refractivity contribution in [2.45, 2.75) is 50.1 Å². The molecule has 120 valence electrons. The number of hydrogen-bond acceptors (Lipinski definition) is 6. The zero-order chi connectivity index (χ0) is 15.8. The average Bonchev–Trinajstić information content (AvgIpc) is 2.76. The monoisotopic (exact) mass is 315 g/mol. The average molecular weight is 315 g/mol. The van der Waals surface area contributed by atoms with Crippen LogP contribution in [0, 0.1) is 0 Å². The minimum atomic E-state index is -3.43. The Bertz CT molecular complexity index is 602. The third-order valence-corrected chi connectivity index (χ3v) is 5.24. The standard InChI is InChI=1S/C13H25N5O2S/c1-4-9(2)18-12(15)11(21(3,19)20)13(16-18)17-7-5-10(14)6-8-17/h9-10H,4-8,14-15H2,1-3H3. The van der Waals surface area contributed by atoms with Crippen LogP contribution in [-0.2, 0) is 9.84 Å². The Morgan fingerprint density at radius 2 is 1.95 bits per heavy atom. The van der Waals surface area contributed by atoms with Crippen LogP contribution in [0.5, 0.6) is 0 Å². The van der Waals surface area contributed by atoms with Crippen molar-refractivity contribution in [1.29, 1.82) is 0 Å². The molecule has 1 aliphatic heterocycles. The van der Waals surface area contributed by atoms with E-state index in [0.717, 1.165) is 19.3 Å². The summed E-state index contributed by atoms with van der Waals surface area (Å²) in [5.74, 6) is 0.707. The van der Waals surface area contributed by atoms with E-state index in [9.17, 15) is 8.42 Å². The van der Waals surface area contributed by atoms with Gasteiger partial charge in [-0.25, -0.2) is 13.1 Å². The van der Waals surface area contributed by atoms with Crippen LogP contribution in [0.2, 0.25) is 0 Å². The van der Waals surface area contributed by atoms with Crippen molar-refractivity contribution in [3.05, 3.63) is 0 Å². The van der Waals surface area contributed by atoms with Crippen LogP contribution in [0.25, 0.3) is 0 Å². The van der Waals surface area contributed by atoms with E-state index in [-0.39, 0.29) is 22.8 Å². The number of piperidine rings is 1. The first-order valence-corrected chi connectivity index (χ1v) is 9.23. The first-order chi connectivity index (χ1) is 9.75. The lowest BCUT2D eigenvalue weighted by atomic mass is 10.1. The highest BCUT2D eigenvalue weighted by Gasteiger charge is 2.30. The molecule has 21 heavy (non-hydrogen) atoms. The lowest BCUT2D eigenvalue weighted by Gasteiger charge is -2.30. The van der Waals surface area contributed by atoms with E-state index >= 15 is 0 Å². The van der Waals surface area contributed by atoms with Gasteiger partial charge in [-0.1, -0.05) is 6.92 Å². The molecule has 0 radical (unpaired) electrons. The molecule has 1 unspecified atom stereocenters. The van der Waals surface area contributed by atoms with E-state index in [1.807, 2.05) is 18.7 Å². The Morgan fingerprint density at radius 1 is 1.38 bits per heavy atom. The highest BCUT2D eigenvalue weighted by atomic mass is 32.2. The van der Waals surface area contributed by atoms with Gasteiger partial charge in [0.25, 0.3) is 0 Å². The second kappa shape index (κ2) is 5.84. The molecule has 0 aromatic carbocycles. The normalized spacial score (nSPS) is 19.0. The lowest BCUT2D eigenvalue weighted by Crippen LogP contribution is -2.40. The molecule has 2 rings (SSSR count). The Balaban J connectivity index is 2.49. The van der Waals surface area contributed by atoms with Crippen molar-refractivity contribution < 1.29 is 8.42 Å². The van der Waals surface area contributed by atoms with E-state index in [2.05, 4.69) is 5.10 Å². The Hall–Kier alpha value is -1.28. The van der Waals surface area contributed by atoms with Crippen molar-refractivity contribution in [2.75, 3.05) is 30.0 Å². The smallest absolute Gasteiger partial charge is 0.182 e. The lowest BCUT2D eigenvalue weighted by molar-refractivity contribution is 0.472. The summed E-state index contributed by atoms with van der Waals surface area (Å²) in [6, 6.07) is 0.239. The van der Waals surface area contributed by atoms with Crippen LogP contribution >= 0.6 is 0 Å². The fraction of sp³-hybridized carbons (Fsp3) is 0.769. The van der Waals surface area contributed by atoms with Crippen molar-refractivity contribution in [3.8, 4) is 0 Å². The zero-order valence-electron chi connectivity index (χ0n) is 12.9. The molecule has 8 heteroatoms. The largest absolute Gasteiger partial charge is 0.383 e. The molecule has 1 aromatic rings. The van der Waals surface area contributed by atoms with Crippen LogP contribution in [0.3, 0.4) is 0 Å². The second-order valence-corrected chi connectivity index (χ2v) is 7.79. The van der Waals surface area contributed by atoms with E-state index in [1.165, 1.54) is 6.26 Å². The summed E-state index contributed by atoms with van der Waals surface area (Å²) in [5.41, 5.74) is 12.0. The van der Waals surface area contributed by atoms with E-state index in [4.69, 9.17) is 11.5 Å². The van der Waals surface area contributed by atoms with Gasteiger partial charge in [-0.15, -0.1) is 0 Å². The van der Waals surface area contributed by atoms with Gasteiger partial charge in [0, 0.05) is 25.4 Å². The highest BCUT2D eigenvalue weighted by Crippen LogP contribution is 2.33. The maximum absolute atomic E-state index is 12.1. The number of hydrogen-bond donors (Lipinski definition) is 2. The number of nitrogens with two attached hydrogens (primary N) is 2. The van der Waals surface area contributed by atoms with Gasteiger partial charge < -0.3 is 16.4 Å². The summed E-state index contributed by atoms with van der Waals surface area (Å²) in [7, 11) is -3.43. The third kappa shape index (κ3) is 3.16. The molecule has 1 atom stereocenters. The van der Waals surface area contributed by atoms with Crippen molar-refractivity contribution in [2.24, 2.45) is 5.73 Å². The summed E-state index contributed by atoms with van der Waals surface area (Å²) in [6.45, 7) is 5.41. The maximum Gasteiger partial charge on any atom is 0.182 e. The van der Waals surface area contributed by atoms with Gasteiger partial charge in [0.05, 0.1) is 6.04 Å². The topological polar surface area (TPSA) is 107 Å². The summed E-state index contributed by atoms with van der Waals surface area (Å²) >= 11 is 0. The van der Waals surface area contributed by atoms with Crippen LogP contribution in [0.4, 0.5) is 11.6 Å². The molecule has 0 spiro atoms. The van der Waals surface area contributed by atoms with Gasteiger partial charge in [0.2, 0.25) is 0 Å². The SMILES string of the molecule is CCC(C)n1nc(N2CCC(N)CC2)c(S(C)(=O)=O)c1N. The molecule has 4 N–H and O–H groups in total. The third-order valence-electron chi connectivity index (χ3n) is 4.10. The van der Waals surface area contributed by atoms with E-state index in [1.54, 1.807) is 4.68 Å². The number of aromatic nitrogens is 2. The van der Waals surface area contributed by atoms with Crippen LogP contribution in [0.1, 0.15) is 39.2 Å². The molecular formula is C13H25N5O2S. The predicted molar refractivity (Wildman–Crippen MR) is 84.2 cm³/mol. The van der Waals surface area contributed by atoms with Crippen LogP contribution in [0.15, 0.2) is 4.90 Å². The molecule has 0 bridgehead atoms. The van der Waals surface area contributed by atoms with Crippen molar-refractivity contribution in [1.82, 2.24) is 9.78 Å². The van der Waals surface area contributed by atoms with Crippen LogP contribution < -0.4 is 16.4 Å². The zero-order valence-corrected chi connectivity index (χ0v) is 13.7. The number of sulfone groups is 1. The van der Waals surface area contributed by atoms with Crippen molar-refractivity contribution >= 4 is 21.5 Å². The van der Waals surface area contributed by atoms with E-state index in [0.29, 0.717) is 18.9 Å². The molecule has 0 amide bonds. The van der Waals surface area contributed by atoms with Gasteiger partial charge in [0.1, 0.15) is 5.82 Å². The van der Waals surface area contributed by atoms with Gasteiger partial charge in [-0.05, 0) is 26.2 Å². The first-order valence-electron chi connectivity index (χ1n) is 7.34. The number of nitrogens with zero attached hydrogens (tertiary/aromatic N) is 3. The quantitative estimate of drug-likeness (QED) is 0.849. The van der Waals surface area contributed by atoms with Gasteiger partial charge in [0.15, 0.2) is 20.6 Å². The second-order valence-electron chi connectivity index (χ2n) is 5.84. The molecule has 2 heterocycles. The Labute approximate surface area is 126 Å². The fourth-order valence-corrected chi connectivity index (χ4v) is 3.58. The molecule has 7 nitrogen and oxygen atoms in total.